The van der Waals surface area contributed by atoms with Crippen molar-refractivity contribution >= 4 is 97.3 Å². The van der Waals surface area contributed by atoms with Crippen LogP contribution in [0.15, 0.2) is 211 Å². The molecule has 0 aliphatic heterocycles. The maximum Gasteiger partial charge on any atom is 0.136 e. The van der Waals surface area contributed by atoms with E-state index in [9.17, 15) is 0 Å². The Bertz CT molecular complexity index is 3790. The molecule has 0 N–H and O–H groups in total. The summed E-state index contributed by atoms with van der Waals surface area (Å²) in [5.41, 5.74) is 9.12. The fraction of sp³-hybridized carbons (Fsp3) is 0. The summed E-state index contributed by atoms with van der Waals surface area (Å²) in [6.07, 6.45) is 0. The van der Waals surface area contributed by atoms with E-state index in [4.69, 9.17) is 4.42 Å². The average Bonchev–Trinajstić information content (AvgIpc) is 3.70. The van der Waals surface area contributed by atoms with Crippen molar-refractivity contribution in [3.05, 3.63) is 206 Å². The van der Waals surface area contributed by atoms with Crippen LogP contribution in [0, 0.1) is 0 Å². The summed E-state index contributed by atoms with van der Waals surface area (Å²) in [6.45, 7) is 0. The third-order valence-corrected chi connectivity index (χ3v) is 12.8. The molecule has 0 radical (unpaired) electrons. The Morgan fingerprint density at radius 3 is 1.31 bits per heavy atom. The minimum absolute atomic E-state index is 0.910. The predicted octanol–water partition coefficient (Wildman–Crippen LogP) is 16.7. The van der Waals surface area contributed by atoms with E-state index < -0.39 is 0 Å². The van der Waals surface area contributed by atoms with Gasteiger partial charge in [-0.2, -0.15) is 0 Å². The van der Waals surface area contributed by atoms with Crippen molar-refractivity contribution < 1.29 is 4.42 Å². The van der Waals surface area contributed by atoms with E-state index in [-0.39, 0.29) is 0 Å². The number of hydrogen-bond donors (Lipinski definition) is 0. The van der Waals surface area contributed by atoms with Crippen molar-refractivity contribution in [2.24, 2.45) is 0 Å². The summed E-state index contributed by atoms with van der Waals surface area (Å²) in [4.78, 5) is 0. The van der Waals surface area contributed by atoms with E-state index >= 15 is 0 Å². The zero-order chi connectivity index (χ0) is 38.6. The molecule has 0 atom stereocenters. The van der Waals surface area contributed by atoms with E-state index in [0.29, 0.717) is 0 Å². The van der Waals surface area contributed by atoms with Crippen LogP contribution in [0.2, 0.25) is 0 Å². The molecule has 1 aromatic heterocycles. The highest BCUT2D eigenvalue weighted by molar-refractivity contribution is 6.31. The molecule has 0 saturated carbocycles. The fourth-order valence-corrected chi connectivity index (χ4v) is 10.3. The third kappa shape index (κ3) is 4.67. The van der Waals surface area contributed by atoms with Crippen LogP contribution in [0.25, 0.3) is 131 Å². The van der Waals surface area contributed by atoms with Gasteiger partial charge in [-0.3, -0.25) is 0 Å². The van der Waals surface area contributed by atoms with Gasteiger partial charge in [0.2, 0.25) is 0 Å². The Hall–Kier alpha value is -7.74. The van der Waals surface area contributed by atoms with Gasteiger partial charge in [-0.15, -0.1) is 0 Å². The molecule has 0 saturated heterocycles. The first kappa shape index (κ1) is 32.4. The molecular weight excluding hydrogens is 713 g/mol. The average molecular weight is 747 g/mol. The van der Waals surface area contributed by atoms with Crippen LogP contribution in [0.3, 0.4) is 0 Å². The van der Waals surface area contributed by atoms with Crippen LogP contribution in [0.1, 0.15) is 0 Å². The van der Waals surface area contributed by atoms with Crippen LogP contribution >= 0.6 is 0 Å². The molecule has 0 fully saturated rings. The van der Waals surface area contributed by atoms with Gasteiger partial charge in [0.1, 0.15) is 11.2 Å². The Labute approximate surface area is 340 Å². The maximum absolute atomic E-state index is 6.76. The smallest absolute Gasteiger partial charge is 0.136 e. The normalized spacial score (nSPS) is 12.1. The molecule has 0 spiro atoms. The lowest BCUT2D eigenvalue weighted by molar-refractivity contribution is 0.669. The van der Waals surface area contributed by atoms with E-state index in [1.54, 1.807) is 0 Å². The topological polar surface area (TPSA) is 13.1 Å². The van der Waals surface area contributed by atoms with Crippen molar-refractivity contribution in [1.82, 2.24) is 0 Å². The van der Waals surface area contributed by atoms with E-state index in [0.717, 1.165) is 11.2 Å². The molecule has 0 unspecified atom stereocenters. The molecule has 0 aliphatic rings. The van der Waals surface area contributed by atoms with Gasteiger partial charge in [-0.25, -0.2) is 0 Å². The Morgan fingerprint density at radius 1 is 0.237 bits per heavy atom. The molecule has 0 amide bonds. The minimum atomic E-state index is 0.910. The first-order valence-electron chi connectivity index (χ1n) is 20.4. The van der Waals surface area contributed by atoms with Crippen LogP contribution in [0.4, 0.5) is 0 Å². The van der Waals surface area contributed by atoms with Crippen molar-refractivity contribution in [2.75, 3.05) is 0 Å². The Morgan fingerprint density at radius 2 is 0.678 bits per heavy atom. The summed E-state index contributed by atoms with van der Waals surface area (Å²) >= 11 is 0. The standard InChI is InChI=1S/C58H34O/c1-2-14-39-36(13-1)30-32-53-57(39)58-46-20-8-7-19-44(46)52(34-54(58)59-53)56-49-23-11-9-21-47(49)55(48-22-10-12-24-50(48)56)37-27-25-35(26-28-37)38-29-31-45-42-17-4-3-15-40(42)41-16-5-6-18-43(41)51(45)33-38/h1-34H. The van der Waals surface area contributed by atoms with Crippen molar-refractivity contribution in [3.63, 3.8) is 0 Å². The van der Waals surface area contributed by atoms with E-state index in [1.165, 1.54) is 120 Å². The molecule has 0 aliphatic carbocycles. The number of fused-ring (bicyclic) bond motifs is 15. The van der Waals surface area contributed by atoms with Gasteiger partial charge >= 0.3 is 0 Å². The van der Waals surface area contributed by atoms with Gasteiger partial charge in [0.15, 0.2) is 0 Å². The molecule has 1 nitrogen and oxygen atoms in total. The van der Waals surface area contributed by atoms with Gasteiger partial charge < -0.3 is 4.42 Å². The first-order chi connectivity index (χ1) is 29.3. The zero-order valence-electron chi connectivity index (χ0n) is 32.0. The zero-order valence-corrected chi connectivity index (χ0v) is 32.0. The Balaban J connectivity index is 1.01. The van der Waals surface area contributed by atoms with Gasteiger partial charge in [0.25, 0.3) is 0 Å². The molecule has 1 heteroatoms. The van der Waals surface area contributed by atoms with Gasteiger partial charge in [0, 0.05) is 10.8 Å². The van der Waals surface area contributed by atoms with Crippen LogP contribution < -0.4 is 0 Å². The monoisotopic (exact) mass is 746 g/mol. The number of rotatable bonds is 3. The van der Waals surface area contributed by atoms with Crippen LogP contribution in [0.5, 0.6) is 0 Å². The van der Waals surface area contributed by atoms with E-state index in [2.05, 4.69) is 206 Å². The summed E-state index contributed by atoms with van der Waals surface area (Å²) in [7, 11) is 0. The van der Waals surface area contributed by atoms with Crippen molar-refractivity contribution in [2.45, 2.75) is 0 Å². The highest BCUT2D eigenvalue weighted by atomic mass is 16.3. The first-order valence-corrected chi connectivity index (χ1v) is 20.4. The lowest BCUT2D eigenvalue weighted by Gasteiger charge is -2.19. The molecule has 59 heavy (non-hydrogen) atoms. The lowest BCUT2D eigenvalue weighted by Crippen LogP contribution is -1.92. The third-order valence-electron chi connectivity index (χ3n) is 12.8. The molecule has 12 aromatic carbocycles. The van der Waals surface area contributed by atoms with Crippen LogP contribution in [-0.2, 0) is 0 Å². The number of hydrogen-bond acceptors (Lipinski definition) is 1. The molecular formula is C58H34O. The SMILES string of the molecule is c1ccc2c(c1)ccc1oc3cc(-c4c5ccccc5c(-c5ccc(-c6ccc7c8ccccc8c8ccccc8c7c6)cc5)c5ccccc45)c4ccccc4c3c12. The summed E-state index contributed by atoms with van der Waals surface area (Å²) < 4.78 is 6.76. The van der Waals surface area contributed by atoms with Crippen LogP contribution in [-0.4, -0.2) is 0 Å². The maximum atomic E-state index is 6.76. The van der Waals surface area contributed by atoms with Crippen molar-refractivity contribution in [3.8, 4) is 33.4 Å². The fourth-order valence-electron chi connectivity index (χ4n) is 10.3. The number of benzene rings is 12. The van der Waals surface area contributed by atoms with Gasteiger partial charge in [0.05, 0.1) is 0 Å². The van der Waals surface area contributed by atoms with Gasteiger partial charge in [-0.05, 0) is 127 Å². The molecule has 13 aromatic rings. The Kier molecular flexibility index (Phi) is 6.79. The second kappa shape index (κ2) is 12.4. The number of furan rings is 1. The molecule has 272 valence electrons. The minimum Gasteiger partial charge on any atom is -0.456 e. The molecule has 13 rings (SSSR count). The second-order valence-electron chi connectivity index (χ2n) is 15.9. The quantitative estimate of drug-likeness (QED) is 0.130. The van der Waals surface area contributed by atoms with Gasteiger partial charge in [-0.1, -0.05) is 188 Å². The molecule has 0 bridgehead atoms. The summed E-state index contributed by atoms with van der Waals surface area (Å²) in [6, 6.07) is 75.7. The second-order valence-corrected chi connectivity index (χ2v) is 15.9. The highest BCUT2D eigenvalue weighted by Gasteiger charge is 2.22. The lowest BCUT2D eigenvalue weighted by atomic mass is 9.84. The largest absolute Gasteiger partial charge is 0.456 e. The highest BCUT2D eigenvalue weighted by Crippen LogP contribution is 2.48. The predicted molar refractivity (Wildman–Crippen MR) is 253 cm³/mol. The summed E-state index contributed by atoms with van der Waals surface area (Å²) in [5.74, 6) is 0. The molecule has 1 heterocycles. The van der Waals surface area contributed by atoms with E-state index in [1.807, 2.05) is 0 Å². The van der Waals surface area contributed by atoms with Crippen molar-refractivity contribution in [1.29, 1.82) is 0 Å². The summed E-state index contributed by atoms with van der Waals surface area (Å²) in [5, 5.41) is 19.9.